The molecule has 0 saturated carbocycles. The Bertz CT molecular complexity index is 217. The maximum absolute atomic E-state index is 3.37. The molecule has 2 aliphatic rings. The standard InChI is InChI=1S/C11H19N3/c1-2-6-13(7-3-1)10-11-14-8-4-12-5-9-14/h1-3,6,12H,4-5,7-11H2. The topological polar surface area (TPSA) is 18.5 Å². The van der Waals surface area contributed by atoms with Crippen LogP contribution in [-0.2, 0) is 0 Å². The van der Waals surface area contributed by atoms with Gasteiger partial charge in [0.05, 0.1) is 0 Å². The summed E-state index contributed by atoms with van der Waals surface area (Å²) >= 11 is 0. The van der Waals surface area contributed by atoms with E-state index in [0.29, 0.717) is 0 Å². The fourth-order valence-electron chi connectivity index (χ4n) is 1.88. The lowest BCUT2D eigenvalue weighted by Crippen LogP contribution is -2.45. The Morgan fingerprint density at radius 3 is 2.64 bits per heavy atom. The van der Waals surface area contributed by atoms with Crippen molar-refractivity contribution >= 4 is 0 Å². The number of nitrogens with zero attached hydrogens (tertiary/aromatic N) is 2. The quantitative estimate of drug-likeness (QED) is 0.694. The average molecular weight is 193 g/mol. The van der Waals surface area contributed by atoms with Crippen LogP contribution in [0.25, 0.3) is 0 Å². The summed E-state index contributed by atoms with van der Waals surface area (Å²) < 4.78 is 0. The molecule has 3 heteroatoms. The Balaban J connectivity index is 1.66. The molecule has 0 radical (unpaired) electrons. The number of nitrogens with one attached hydrogen (secondary N) is 1. The van der Waals surface area contributed by atoms with E-state index in [1.807, 2.05) is 0 Å². The van der Waals surface area contributed by atoms with Gasteiger partial charge in [-0.15, -0.1) is 0 Å². The first-order valence-corrected chi connectivity index (χ1v) is 5.45. The van der Waals surface area contributed by atoms with Crippen molar-refractivity contribution in [3.05, 3.63) is 24.4 Å². The van der Waals surface area contributed by atoms with Crippen LogP contribution in [0, 0.1) is 0 Å². The van der Waals surface area contributed by atoms with E-state index in [2.05, 4.69) is 39.5 Å². The van der Waals surface area contributed by atoms with Crippen LogP contribution in [0.15, 0.2) is 24.4 Å². The minimum atomic E-state index is 1.07. The van der Waals surface area contributed by atoms with Crippen LogP contribution >= 0.6 is 0 Å². The third-order valence-corrected chi connectivity index (χ3v) is 2.80. The Labute approximate surface area is 86.1 Å². The fraction of sp³-hybridized carbons (Fsp3) is 0.636. The molecule has 0 aliphatic carbocycles. The van der Waals surface area contributed by atoms with Crippen LogP contribution in [0.2, 0.25) is 0 Å². The third-order valence-electron chi connectivity index (χ3n) is 2.80. The van der Waals surface area contributed by atoms with E-state index >= 15 is 0 Å². The van der Waals surface area contributed by atoms with Gasteiger partial charge in [0.15, 0.2) is 0 Å². The molecule has 2 heterocycles. The number of rotatable bonds is 3. The van der Waals surface area contributed by atoms with Crippen LogP contribution in [-0.4, -0.2) is 55.6 Å². The molecule has 0 aromatic carbocycles. The first kappa shape index (κ1) is 9.74. The molecule has 0 atom stereocenters. The van der Waals surface area contributed by atoms with Crippen LogP contribution < -0.4 is 5.32 Å². The van der Waals surface area contributed by atoms with Crippen molar-refractivity contribution < 1.29 is 0 Å². The Morgan fingerprint density at radius 2 is 1.93 bits per heavy atom. The summed E-state index contributed by atoms with van der Waals surface area (Å²) in [6, 6.07) is 0. The SMILES string of the molecule is C1=CCN(CCN2CCNCC2)C=C1. The molecule has 0 amide bonds. The zero-order chi connectivity index (χ0) is 9.64. The van der Waals surface area contributed by atoms with Gasteiger partial charge in [-0.1, -0.05) is 12.2 Å². The summed E-state index contributed by atoms with van der Waals surface area (Å²) in [4.78, 5) is 4.89. The van der Waals surface area contributed by atoms with Gasteiger partial charge in [-0.25, -0.2) is 0 Å². The molecule has 1 N–H and O–H groups in total. The van der Waals surface area contributed by atoms with Crippen LogP contribution in [0.5, 0.6) is 0 Å². The molecule has 14 heavy (non-hydrogen) atoms. The van der Waals surface area contributed by atoms with Gasteiger partial charge in [0, 0.05) is 45.8 Å². The number of hydrogen-bond donors (Lipinski definition) is 1. The summed E-state index contributed by atoms with van der Waals surface area (Å²) in [5.74, 6) is 0. The lowest BCUT2D eigenvalue weighted by atomic mass is 10.3. The predicted molar refractivity (Wildman–Crippen MR) is 59.2 cm³/mol. The van der Waals surface area contributed by atoms with Gasteiger partial charge >= 0.3 is 0 Å². The van der Waals surface area contributed by atoms with E-state index in [-0.39, 0.29) is 0 Å². The third kappa shape index (κ3) is 2.86. The Hall–Kier alpha value is -0.800. The van der Waals surface area contributed by atoms with Crippen molar-refractivity contribution in [2.24, 2.45) is 0 Å². The summed E-state index contributed by atoms with van der Waals surface area (Å²) in [5, 5.41) is 3.37. The Morgan fingerprint density at radius 1 is 1.07 bits per heavy atom. The highest BCUT2D eigenvalue weighted by molar-refractivity contribution is 5.08. The van der Waals surface area contributed by atoms with Crippen LogP contribution in [0.3, 0.4) is 0 Å². The van der Waals surface area contributed by atoms with E-state index in [1.54, 1.807) is 0 Å². The van der Waals surface area contributed by atoms with Crippen molar-refractivity contribution in [1.29, 1.82) is 0 Å². The van der Waals surface area contributed by atoms with Crippen LogP contribution in [0.1, 0.15) is 0 Å². The van der Waals surface area contributed by atoms with Gasteiger partial charge in [-0.2, -0.15) is 0 Å². The second-order valence-electron chi connectivity index (χ2n) is 3.86. The lowest BCUT2D eigenvalue weighted by molar-refractivity contribution is 0.218. The van der Waals surface area contributed by atoms with E-state index < -0.39 is 0 Å². The Kier molecular flexibility index (Phi) is 3.60. The van der Waals surface area contributed by atoms with Gasteiger partial charge in [-0.05, 0) is 12.3 Å². The minimum absolute atomic E-state index is 1.07. The highest BCUT2D eigenvalue weighted by Crippen LogP contribution is 1.99. The molecule has 0 spiro atoms. The normalized spacial score (nSPS) is 23.0. The van der Waals surface area contributed by atoms with E-state index in [9.17, 15) is 0 Å². The monoisotopic (exact) mass is 193 g/mol. The van der Waals surface area contributed by atoms with Gasteiger partial charge in [0.25, 0.3) is 0 Å². The number of hydrogen-bond acceptors (Lipinski definition) is 3. The highest BCUT2D eigenvalue weighted by atomic mass is 15.2. The maximum Gasteiger partial charge on any atom is 0.0357 e. The molecule has 2 rings (SSSR count). The molecule has 0 aromatic heterocycles. The first-order valence-electron chi connectivity index (χ1n) is 5.45. The fourth-order valence-corrected chi connectivity index (χ4v) is 1.88. The molecule has 3 nitrogen and oxygen atoms in total. The number of allylic oxidation sites excluding steroid dienone is 2. The zero-order valence-corrected chi connectivity index (χ0v) is 8.65. The summed E-state index contributed by atoms with van der Waals surface area (Å²) in [6.45, 7) is 8.12. The van der Waals surface area contributed by atoms with Gasteiger partial charge in [-0.3, -0.25) is 4.90 Å². The molecule has 0 aromatic rings. The largest absolute Gasteiger partial charge is 0.372 e. The van der Waals surface area contributed by atoms with Gasteiger partial charge < -0.3 is 10.2 Å². The molecule has 1 saturated heterocycles. The van der Waals surface area contributed by atoms with Crippen molar-refractivity contribution in [2.45, 2.75) is 0 Å². The maximum atomic E-state index is 3.37. The zero-order valence-electron chi connectivity index (χ0n) is 8.65. The second kappa shape index (κ2) is 5.17. The average Bonchev–Trinajstić information content (AvgIpc) is 2.29. The lowest BCUT2D eigenvalue weighted by Gasteiger charge is -2.30. The van der Waals surface area contributed by atoms with Gasteiger partial charge in [0.2, 0.25) is 0 Å². The highest BCUT2D eigenvalue weighted by Gasteiger charge is 2.09. The van der Waals surface area contributed by atoms with Gasteiger partial charge in [0.1, 0.15) is 0 Å². The molecule has 0 bridgehead atoms. The molecule has 1 fully saturated rings. The molecular weight excluding hydrogens is 174 g/mol. The summed E-state index contributed by atoms with van der Waals surface area (Å²) in [6.07, 6.45) is 8.61. The second-order valence-corrected chi connectivity index (χ2v) is 3.86. The first-order chi connectivity index (χ1) is 6.95. The minimum Gasteiger partial charge on any atom is -0.372 e. The van der Waals surface area contributed by atoms with E-state index in [0.717, 1.165) is 26.2 Å². The smallest absolute Gasteiger partial charge is 0.0357 e. The molecule has 2 aliphatic heterocycles. The van der Waals surface area contributed by atoms with Crippen molar-refractivity contribution in [3.8, 4) is 0 Å². The predicted octanol–water partition coefficient (Wildman–Crippen LogP) is 0.277. The van der Waals surface area contributed by atoms with E-state index in [1.165, 1.54) is 19.6 Å². The van der Waals surface area contributed by atoms with Crippen molar-refractivity contribution in [2.75, 3.05) is 45.8 Å². The molecule has 78 valence electrons. The molecular formula is C11H19N3. The van der Waals surface area contributed by atoms with E-state index in [4.69, 9.17) is 0 Å². The van der Waals surface area contributed by atoms with Crippen LogP contribution in [0.4, 0.5) is 0 Å². The van der Waals surface area contributed by atoms with Crippen molar-refractivity contribution in [1.82, 2.24) is 15.1 Å². The summed E-state index contributed by atoms with van der Waals surface area (Å²) in [7, 11) is 0. The summed E-state index contributed by atoms with van der Waals surface area (Å²) in [5.41, 5.74) is 0. The molecule has 0 unspecified atom stereocenters. The number of piperazine rings is 1. The van der Waals surface area contributed by atoms with Crippen molar-refractivity contribution in [3.63, 3.8) is 0 Å².